The van der Waals surface area contributed by atoms with Crippen molar-refractivity contribution in [3.63, 3.8) is 0 Å². The number of hydrogen-bond donors (Lipinski definition) is 2. The number of para-hydroxylation sites is 2. The van der Waals surface area contributed by atoms with E-state index in [2.05, 4.69) is 77.1 Å². The van der Waals surface area contributed by atoms with E-state index in [9.17, 15) is 42.3 Å². The van der Waals surface area contributed by atoms with Gasteiger partial charge in [0.2, 0.25) is 5.91 Å². The van der Waals surface area contributed by atoms with Crippen LogP contribution in [0.15, 0.2) is 170 Å². The fourth-order valence-corrected chi connectivity index (χ4v) is 11.4. The first-order chi connectivity index (χ1) is 44.3. The van der Waals surface area contributed by atoms with Crippen LogP contribution in [0.25, 0.3) is 44.8 Å². The molecule has 1 unspecified atom stereocenters. The number of benzene rings is 6. The Morgan fingerprint density at radius 3 is 1.45 bits per heavy atom. The molecule has 0 aliphatic carbocycles. The zero-order valence-electron chi connectivity index (χ0n) is 53.8. The molecule has 8 aromatic rings. The van der Waals surface area contributed by atoms with E-state index in [0.29, 0.717) is 79.6 Å². The van der Waals surface area contributed by atoms with Crippen LogP contribution in [0.4, 0.5) is 20.2 Å². The number of amides is 2. The molecule has 0 spiro atoms. The predicted octanol–water partition coefficient (Wildman–Crippen LogP) is 15.2. The van der Waals surface area contributed by atoms with Crippen LogP contribution in [0.3, 0.4) is 0 Å². The first kappa shape index (κ1) is 69.9. The topological polar surface area (TPSA) is 184 Å². The van der Waals surface area contributed by atoms with Crippen molar-refractivity contribution in [1.29, 1.82) is 0 Å². The molecule has 6 aromatic carbocycles. The molecule has 15 nitrogen and oxygen atoms in total. The molecule has 17 heteroatoms. The van der Waals surface area contributed by atoms with Crippen molar-refractivity contribution in [3.8, 4) is 44.8 Å². The van der Waals surface area contributed by atoms with Crippen LogP contribution < -0.4 is 10.6 Å². The number of aromatic nitrogens is 2. The zero-order chi connectivity index (χ0) is 66.3. The smallest absolute Gasteiger partial charge is 0.313 e. The molecule has 482 valence electrons. The predicted molar refractivity (Wildman–Crippen MR) is 356 cm³/mol. The van der Waals surface area contributed by atoms with Crippen molar-refractivity contribution >= 4 is 52.5 Å². The summed E-state index contributed by atoms with van der Waals surface area (Å²) in [6.45, 7) is 18.9. The molecule has 0 bridgehead atoms. The van der Waals surface area contributed by atoms with Crippen LogP contribution >= 0.6 is 0 Å². The highest BCUT2D eigenvalue weighted by Gasteiger charge is 2.33. The highest BCUT2D eigenvalue weighted by Crippen LogP contribution is 2.46. The van der Waals surface area contributed by atoms with Crippen molar-refractivity contribution in [2.75, 3.05) is 50.2 Å². The maximum Gasteiger partial charge on any atom is 0.313 e. The van der Waals surface area contributed by atoms with Gasteiger partial charge in [-0.2, -0.15) is 0 Å². The van der Waals surface area contributed by atoms with E-state index in [1.165, 1.54) is 42.4 Å². The second kappa shape index (κ2) is 34.5. The van der Waals surface area contributed by atoms with Gasteiger partial charge in [0.25, 0.3) is 5.91 Å². The molecule has 1 aliphatic rings. The Bertz CT molecular complexity index is 3750. The number of hydrogen-bond acceptors (Lipinski definition) is 11. The third-order valence-corrected chi connectivity index (χ3v) is 15.2. The molecule has 1 fully saturated rings. The van der Waals surface area contributed by atoms with Crippen LogP contribution in [0.5, 0.6) is 0 Å². The second-order valence-corrected chi connectivity index (χ2v) is 22.8. The summed E-state index contributed by atoms with van der Waals surface area (Å²) in [7, 11) is 0. The summed E-state index contributed by atoms with van der Waals surface area (Å²) in [5.41, 5.74) is 12.2. The van der Waals surface area contributed by atoms with Crippen LogP contribution in [0, 0.1) is 11.6 Å². The minimum Gasteiger partial charge on any atom is -0.466 e. The maximum atomic E-state index is 14.1. The number of Topliss-reactive ketones (excluding diaryl/α,β-unsaturated/α-hetero) is 3. The van der Waals surface area contributed by atoms with Crippen LogP contribution in [0.2, 0.25) is 0 Å². The SMILES string of the molecule is CC(C)c1c(C(C)Nc2ccccc2)c(-c2ccccc2)c(-c2ccc(F)cc2)n1CCC(=O)N1CCOCC1.CCOC(=O)CC(=O)CC(=O)CCn1c(-c2ccc(F)cc2)c(-c2ccccc2)c(C(=O)Nc2ccccc2)c1C(C)C.CCOC(=O)CC(C)=O. The van der Waals surface area contributed by atoms with Gasteiger partial charge >= 0.3 is 11.9 Å². The fraction of sp³-hybridized carbons (Fsp3) is 0.320. The van der Waals surface area contributed by atoms with Gasteiger partial charge in [-0.05, 0) is 135 Å². The molecule has 1 aliphatic heterocycles. The van der Waals surface area contributed by atoms with Gasteiger partial charge in [-0.1, -0.05) is 125 Å². The van der Waals surface area contributed by atoms with E-state index in [4.69, 9.17) is 9.47 Å². The van der Waals surface area contributed by atoms with E-state index < -0.39 is 36.4 Å². The average molecular weight is 1250 g/mol. The Kier molecular flexibility index (Phi) is 26.2. The summed E-state index contributed by atoms with van der Waals surface area (Å²) in [6.07, 6.45) is -0.575. The molecule has 2 amide bonds. The van der Waals surface area contributed by atoms with Crippen LogP contribution in [0.1, 0.15) is 133 Å². The second-order valence-electron chi connectivity index (χ2n) is 22.8. The van der Waals surface area contributed by atoms with E-state index in [1.54, 1.807) is 38.1 Å². The van der Waals surface area contributed by atoms with E-state index >= 15 is 0 Å². The van der Waals surface area contributed by atoms with Crippen LogP contribution in [-0.2, 0) is 56.1 Å². The Morgan fingerprint density at radius 1 is 0.511 bits per heavy atom. The Morgan fingerprint density at radius 2 is 0.957 bits per heavy atom. The van der Waals surface area contributed by atoms with E-state index in [1.807, 2.05) is 108 Å². The number of nitrogens with zero attached hydrogens (tertiary/aromatic N) is 3. The fourth-order valence-electron chi connectivity index (χ4n) is 11.4. The molecule has 3 heterocycles. The highest BCUT2D eigenvalue weighted by molar-refractivity contribution is 6.13. The Hall–Kier alpha value is -9.61. The normalized spacial score (nSPS) is 12.2. The Balaban J connectivity index is 0.000000230. The van der Waals surface area contributed by atoms with Crippen molar-refractivity contribution in [3.05, 3.63) is 204 Å². The molecule has 2 N–H and O–H groups in total. The molecule has 0 saturated carbocycles. The molecular formula is C75H83F2N5O10. The lowest BCUT2D eigenvalue weighted by Gasteiger charge is -2.27. The number of ether oxygens (including phenoxy) is 3. The van der Waals surface area contributed by atoms with Gasteiger partial charge in [0.05, 0.1) is 55.8 Å². The van der Waals surface area contributed by atoms with Gasteiger partial charge in [-0.25, -0.2) is 8.78 Å². The summed E-state index contributed by atoms with van der Waals surface area (Å²) in [6, 6.07) is 52.0. The van der Waals surface area contributed by atoms with E-state index in [-0.39, 0.29) is 73.1 Å². The molecular weight excluding hydrogens is 1170 g/mol. The number of nitrogens with one attached hydrogen (secondary N) is 2. The molecule has 1 saturated heterocycles. The van der Waals surface area contributed by atoms with Gasteiger partial charge < -0.3 is 38.9 Å². The lowest BCUT2D eigenvalue weighted by atomic mass is 9.91. The lowest BCUT2D eigenvalue weighted by molar-refractivity contribution is -0.147. The third kappa shape index (κ3) is 19.2. The number of carbonyl (C=O) groups excluding carboxylic acids is 7. The van der Waals surface area contributed by atoms with Crippen LogP contribution in [-0.4, -0.2) is 94.7 Å². The van der Waals surface area contributed by atoms with Crippen molar-refractivity contribution < 1.29 is 56.6 Å². The number of anilines is 2. The summed E-state index contributed by atoms with van der Waals surface area (Å²) in [5.74, 6) is -2.91. The average Bonchev–Trinajstić information content (AvgIpc) is 1.60. The third-order valence-electron chi connectivity index (χ3n) is 15.2. The minimum atomic E-state index is -0.659. The molecule has 2 aromatic heterocycles. The molecule has 9 rings (SSSR count). The molecule has 1 atom stereocenters. The quantitative estimate of drug-likeness (QED) is 0.0410. The van der Waals surface area contributed by atoms with Crippen molar-refractivity contribution in [2.45, 2.75) is 118 Å². The number of esters is 2. The number of morpholine rings is 1. The first-order valence-electron chi connectivity index (χ1n) is 31.3. The summed E-state index contributed by atoms with van der Waals surface area (Å²) < 4.78 is 47.2. The van der Waals surface area contributed by atoms with Gasteiger partial charge in [0.1, 0.15) is 36.0 Å². The van der Waals surface area contributed by atoms with Crippen molar-refractivity contribution in [1.82, 2.24) is 14.0 Å². The standard InChI is InChI=1S/C35H35FN2O5.C34H38FN3O2.C6H10O3/c1-4-43-30(41)22-29(40)21-28(39)19-20-38-33(23(2)3)32(35(42)37-27-13-9-6-10-14-27)31(24-11-7-5-8-12-24)34(38)25-15-17-26(36)18-16-25;1-24(2)33-31(25(3)36-29-12-8-5-9-13-29)32(26-10-6-4-7-11-26)34(27-14-16-28(35)17-15-27)38(33)19-18-30(39)37-20-22-40-23-21-37;1-3-9-6(8)4-5(2)7/h5-18,23H,4,19-22H2,1-3H3,(H,37,42);4-17,24-25,36H,18-23H2,1-3H3;3-4H2,1-2H3. The monoisotopic (exact) mass is 1250 g/mol. The number of rotatable bonds is 25. The molecule has 92 heavy (non-hydrogen) atoms. The van der Waals surface area contributed by atoms with Gasteiger partial charge in [-0.3, -0.25) is 33.6 Å². The number of halogens is 2. The maximum absolute atomic E-state index is 14.1. The Labute approximate surface area is 538 Å². The van der Waals surface area contributed by atoms with Gasteiger partial charge in [-0.15, -0.1) is 0 Å². The minimum absolute atomic E-state index is 0.00880. The van der Waals surface area contributed by atoms with E-state index in [0.717, 1.165) is 33.6 Å². The van der Waals surface area contributed by atoms with Gasteiger partial charge in [0, 0.05) is 78.5 Å². The lowest BCUT2D eigenvalue weighted by Crippen LogP contribution is -2.41. The number of carbonyl (C=O) groups is 7. The summed E-state index contributed by atoms with van der Waals surface area (Å²) >= 11 is 0. The molecule has 0 radical (unpaired) electrons. The zero-order valence-corrected chi connectivity index (χ0v) is 53.8. The first-order valence-corrected chi connectivity index (χ1v) is 31.3. The summed E-state index contributed by atoms with van der Waals surface area (Å²) in [4.78, 5) is 86.9. The van der Waals surface area contributed by atoms with Gasteiger partial charge in [0.15, 0.2) is 5.78 Å². The number of ketones is 3. The summed E-state index contributed by atoms with van der Waals surface area (Å²) in [5, 5.41) is 6.74. The highest BCUT2D eigenvalue weighted by atomic mass is 19.1. The van der Waals surface area contributed by atoms with Crippen molar-refractivity contribution in [2.24, 2.45) is 0 Å². The largest absolute Gasteiger partial charge is 0.466 e.